The van der Waals surface area contributed by atoms with E-state index in [1.165, 1.54) is 4.68 Å². The average Bonchev–Trinajstić information content (AvgIpc) is 2.90. The summed E-state index contributed by atoms with van der Waals surface area (Å²) in [7, 11) is 0. The minimum absolute atomic E-state index is 0.189. The van der Waals surface area contributed by atoms with Gasteiger partial charge in [0.1, 0.15) is 11.6 Å². The molecule has 0 saturated heterocycles. The Labute approximate surface area is 126 Å². The Morgan fingerprint density at radius 1 is 1.05 bits per heavy atom. The van der Waals surface area contributed by atoms with Gasteiger partial charge in [-0.3, -0.25) is 0 Å². The summed E-state index contributed by atoms with van der Waals surface area (Å²) >= 11 is 3.29. The Bertz CT molecular complexity index is 798. The van der Waals surface area contributed by atoms with Crippen molar-refractivity contribution in [2.75, 3.05) is 5.73 Å². The maximum absolute atomic E-state index is 13.3. The first-order valence-electron chi connectivity index (χ1n) is 5.85. The number of nitrogen functional groups attached to an aromatic ring is 1. The highest BCUT2D eigenvalue weighted by Gasteiger charge is 2.13. The molecule has 106 valence electrons. The van der Waals surface area contributed by atoms with Gasteiger partial charge in [0.25, 0.3) is 0 Å². The van der Waals surface area contributed by atoms with Crippen molar-refractivity contribution in [3.8, 4) is 17.1 Å². The van der Waals surface area contributed by atoms with E-state index in [0.29, 0.717) is 17.1 Å². The lowest BCUT2D eigenvalue weighted by Gasteiger charge is -2.06. The van der Waals surface area contributed by atoms with E-state index in [-0.39, 0.29) is 5.69 Å². The van der Waals surface area contributed by atoms with Crippen LogP contribution in [0.4, 0.5) is 14.5 Å². The Kier molecular flexibility index (Phi) is 3.38. The Balaban J connectivity index is 2.14. The number of nitrogens with zero attached hydrogens (tertiary/aromatic N) is 4. The summed E-state index contributed by atoms with van der Waals surface area (Å²) in [5, 5.41) is 11.2. The fourth-order valence-corrected chi connectivity index (χ4v) is 2.13. The third-order valence-corrected chi connectivity index (χ3v) is 3.54. The zero-order chi connectivity index (χ0) is 15.0. The molecule has 0 saturated carbocycles. The molecule has 1 aromatic heterocycles. The molecule has 1 heterocycles. The summed E-state index contributed by atoms with van der Waals surface area (Å²) in [5.41, 5.74) is 7.14. The van der Waals surface area contributed by atoms with Crippen LogP contribution in [0.2, 0.25) is 0 Å². The molecule has 0 amide bonds. The van der Waals surface area contributed by atoms with Crippen LogP contribution in [0.5, 0.6) is 0 Å². The molecule has 0 unspecified atom stereocenters. The summed E-state index contributed by atoms with van der Waals surface area (Å²) in [6.07, 6.45) is 0. The third-order valence-electron chi connectivity index (χ3n) is 2.82. The maximum atomic E-state index is 13.3. The van der Waals surface area contributed by atoms with Gasteiger partial charge in [-0.25, -0.2) is 8.78 Å². The number of tetrazole rings is 1. The van der Waals surface area contributed by atoms with Gasteiger partial charge >= 0.3 is 0 Å². The second kappa shape index (κ2) is 5.21. The molecule has 0 atom stereocenters. The van der Waals surface area contributed by atoms with Gasteiger partial charge in [0.15, 0.2) is 5.82 Å². The SMILES string of the molecule is Nc1cc(-c2nnnn2-c2cc(F)cc(F)c2)ccc1Br. The van der Waals surface area contributed by atoms with Gasteiger partial charge in [-0.05, 0) is 56.7 Å². The predicted molar refractivity (Wildman–Crippen MR) is 76.6 cm³/mol. The van der Waals surface area contributed by atoms with Crippen molar-refractivity contribution in [3.63, 3.8) is 0 Å². The van der Waals surface area contributed by atoms with Crippen molar-refractivity contribution in [3.05, 3.63) is 52.5 Å². The summed E-state index contributed by atoms with van der Waals surface area (Å²) in [6, 6.07) is 8.23. The number of halogens is 3. The van der Waals surface area contributed by atoms with Crippen molar-refractivity contribution in [1.29, 1.82) is 0 Å². The van der Waals surface area contributed by atoms with Gasteiger partial charge in [0.2, 0.25) is 0 Å². The summed E-state index contributed by atoms with van der Waals surface area (Å²) < 4.78 is 28.6. The third kappa shape index (κ3) is 2.62. The molecule has 21 heavy (non-hydrogen) atoms. The largest absolute Gasteiger partial charge is 0.398 e. The zero-order valence-corrected chi connectivity index (χ0v) is 12.1. The number of rotatable bonds is 2. The lowest BCUT2D eigenvalue weighted by Crippen LogP contribution is -2.01. The van der Waals surface area contributed by atoms with Crippen LogP contribution in [0, 0.1) is 11.6 Å². The lowest BCUT2D eigenvalue weighted by molar-refractivity contribution is 0.579. The van der Waals surface area contributed by atoms with Gasteiger partial charge in [-0.1, -0.05) is 0 Å². The van der Waals surface area contributed by atoms with Crippen LogP contribution in [0.25, 0.3) is 17.1 Å². The fraction of sp³-hybridized carbons (Fsp3) is 0. The summed E-state index contributed by atoms with van der Waals surface area (Å²) in [5.74, 6) is -1.08. The minimum Gasteiger partial charge on any atom is -0.398 e. The van der Waals surface area contributed by atoms with Crippen LogP contribution in [-0.2, 0) is 0 Å². The van der Waals surface area contributed by atoms with Gasteiger partial charge < -0.3 is 5.73 Å². The smallest absolute Gasteiger partial charge is 0.187 e. The van der Waals surface area contributed by atoms with E-state index in [1.54, 1.807) is 18.2 Å². The van der Waals surface area contributed by atoms with Gasteiger partial charge in [-0.15, -0.1) is 5.10 Å². The first-order valence-corrected chi connectivity index (χ1v) is 6.64. The molecule has 0 aliphatic rings. The first kappa shape index (κ1) is 13.6. The predicted octanol–water partition coefficient (Wildman–Crippen LogP) is 2.95. The standard InChI is InChI=1S/C13H8BrF2N5/c14-11-2-1-7(3-12(11)17)13-18-19-20-21(13)10-5-8(15)4-9(16)6-10/h1-6H,17H2. The Morgan fingerprint density at radius 2 is 1.76 bits per heavy atom. The molecule has 0 aliphatic carbocycles. The van der Waals surface area contributed by atoms with Crippen molar-refractivity contribution in [2.24, 2.45) is 0 Å². The van der Waals surface area contributed by atoms with E-state index in [1.807, 2.05) is 0 Å². The van der Waals surface area contributed by atoms with Crippen LogP contribution in [0.3, 0.4) is 0 Å². The first-order chi connectivity index (χ1) is 10.0. The van der Waals surface area contributed by atoms with Gasteiger partial charge in [0.05, 0.1) is 5.69 Å². The van der Waals surface area contributed by atoms with Crippen molar-refractivity contribution in [2.45, 2.75) is 0 Å². The fourth-order valence-electron chi connectivity index (χ4n) is 1.89. The molecule has 3 aromatic rings. The van der Waals surface area contributed by atoms with Crippen molar-refractivity contribution in [1.82, 2.24) is 20.2 Å². The highest BCUT2D eigenvalue weighted by atomic mass is 79.9. The number of anilines is 1. The molecule has 0 aliphatic heterocycles. The lowest BCUT2D eigenvalue weighted by atomic mass is 10.2. The second-order valence-corrected chi connectivity index (χ2v) is 5.13. The number of hydrogen-bond donors (Lipinski definition) is 1. The minimum atomic E-state index is -0.707. The number of hydrogen-bond acceptors (Lipinski definition) is 4. The Morgan fingerprint density at radius 3 is 2.43 bits per heavy atom. The molecule has 0 radical (unpaired) electrons. The van der Waals surface area contributed by atoms with Crippen LogP contribution in [-0.4, -0.2) is 20.2 Å². The number of aromatic nitrogens is 4. The molecule has 0 spiro atoms. The van der Waals surface area contributed by atoms with Gasteiger partial charge in [0, 0.05) is 21.8 Å². The van der Waals surface area contributed by atoms with Crippen LogP contribution >= 0.6 is 15.9 Å². The molecule has 0 bridgehead atoms. The van der Waals surface area contributed by atoms with Crippen LogP contribution < -0.4 is 5.73 Å². The van der Waals surface area contributed by atoms with E-state index in [0.717, 1.165) is 22.7 Å². The molecule has 2 N–H and O–H groups in total. The number of benzene rings is 2. The van der Waals surface area contributed by atoms with E-state index in [4.69, 9.17) is 5.73 Å². The molecule has 2 aromatic carbocycles. The quantitative estimate of drug-likeness (QED) is 0.720. The van der Waals surface area contributed by atoms with Crippen molar-refractivity contribution < 1.29 is 8.78 Å². The molecule has 5 nitrogen and oxygen atoms in total. The van der Waals surface area contributed by atoms with E-state index in [2.05, 4.69) is 31.5 Å². The van der Waals surface area contributed by atoms with E-state index in [9.17, 15) is 8.78 Å². The zero-order valence-electron chi connectivity index (χ0n) is 10.5. The maximum Gasteiger partial charge on any atom is 0.187 e. The topological polar surface area (TPSA) is 69.6 Å². The molecular formula is C13H8BrF2N5. The van der Waals surface area contributed by atoms with Crippen LogP contribution in [0.15, 0.2) is 40.9 Å². The number of nitrogens with two attached hydrogens (primary N) is 1. The van der Waals surface area contributed by atoms with Crippen molar-refractivity contribution >= 4 is 21.6 Å². The average molecular weight is 352 g/mol. The summed E-state index contributed by atoms with van der Waals surface area (Å²) in [6.45, 7) is 0. The molecular weight excluding hydrogens is 344 g/mol. The Hall–Kier alpha value is -2.35. The monoisotopic (exact) mass is 351 g/mol. The molecule has 8 heteroatoms. The highest BCUT2D eigenvalue weighted by Crippen LogP contribution is 2.27. The van der Waals surface area contributed by atoms with E-state index >= 15 is 0 Å². The molecule has 3 rings (SSSR count). The highest BCUT2D eigenvalue weighted by molar-refractivity contribution is 9.10. The normalized spacial score (nSPS) is 10.8. The molecule has 0 fully saturated rings. The second-order valence-electron chi connectivity index (χ2n) is 4.28. The van der Waals surface area contributed by atoms with E-state index < -0.39 is 11.6 Å². The van der Waals surface area contributed by atoms with Crippen LogP contribution in [0.1, 0.15) is 0 Å². The van der Waals surface area contributed by atoms with Gasteiger partial charge in [-0.2, -0.15) is 4.68 Å². The summed E-state index contributed by atoms with van der Waals surface area (Å²) in [4.78, 5) is 0.